The van der Waals surface area contributed by atoms with Gasteiger partial charge in [-0.15, -0.1) is 0 Å². The van der Waals surface area contributed by atoms with Crippen LogP contribution in [0.15, 0.2) is 81.6 Å². The summed E-state index contributed by atoms with van der Waals surface area (Å²) in [6.45, 7) is 4.73. The first-order valence-corrected chi connectivity index (χ1v) is 13.1. The lowest BCUT2D eigenvalue weighted by molar-refractivity contribution is 0.0950. The molecule has 2 aromatic heterocycles. The largest absolute Gasteiger partial charge is 0.451 e. The summed E-state index contributed by atoms with van der Waals surface area (Å²) in [4.78, 5) is 17.2. The molecular weight excluding hydrogens is 541 g/mol. The van der Waals surface area contributed by atoms with Crippen LogP contribution in [0, 0.1) is 0 Å². The number of fused-ring (bicyclic) bond motifs is 1. The number of halogens is 2. The van der Waals surface area contributed by atoms with E-state index in [1.165, 1.54) is 5.56 Å². The molecule has 192 valence electrons. The molecule has 3 aromatic carbocycles. The lowest BCUT2D eigenvalue weighted by Gasteiger charge is -2.09. The third kappa shape index (κ3) is 5.75. The maximum atomic E-state index is 12.6. The second-order valence-electron chi connectivity index (χ2n) is 9.03. The highest BCUT2D eigenvalue weighted by atomic mass is 35.5. The first-order chi connectivity index (χ1) is 18.3. The van der Waals surface area contributed by atoms with Crippen LogP contribution in [0.5, 0.6) is 0 Å². The Morgan fingerprint density at radius 3 is 2.42 bits per heavy atom. The Labute approximate surface area is 235 Å². The van der Waals surface area contributed by atoms with Crippen LogP contribution < -0.4 is 10.6 Å². The zero-order valence-corrected chi connectivity index (χ0v) is 22.9. The summed E-state index contributed by atoms with van der Waals surface area (Å²) in [6, 6.07) is 22.3. The Hall–Kier alpha value is -3.65. The lowest BCUT2D eigenvalue weighted by atomic mass is 10.0. The van der Waals surface area contributed by atoms with E-state index in [9.17, 15) is 4.79 Å². The van der Waals surface area contributed by atoms with Crippen molar-refractivity contribution < 1.29 is 13.6 Å². The van der Waals surface area contributed by atoms with E-state index in [2.05, 4.69) is 41.6 Å². The van der Waals surface area contributed by atoms with Gasteiger partial charge in [-0.05, 0) is 83.9 Å². The van der Waals surface area contributed by atoms with Gasteiger partial charge in [0.2, 0.25) is 5.89 Å². The van der Waals surface area contributed by atoms with Gasteiger partial charge >= 0.3 is 0 Å². The number of carbonyl (C=O) groups excluding carboxylic acids is 1. The summed E-state index contributed by atoms with van der Waals surface area (Å²) in [5.41, 5.74) is 5.39. The number of aromatic nitrogens is 1. The molecular formula is C29H23Cl2N3O3S. The maximum Gasteiger partial charge on any atom is 0.293 e. The molecule has 38 heavy (non-hydrogen) atoms. The Balaban J connectivity index is 1.17. The summed E-state index contributed by atoms with van der Waals surface area (Å²) >= 11 is 17.3. The molecule has 0 aliphatic carbocycles. The molecule has 5 aromatic rings. The van der Waals surface area contributed by atoms with Gasteiger partial charge < -0.3 is 14.2 Å². The second-order valence-corrected chi connectivity index (χ2v) is 10.3. The van der Waals surface area contributed by atoms with E-state index in [1.54, 1.807) is 30.3 Å². The Morgan fingerprint density at radius 1 is 0.921 bits per heavy atom. The zero-order valence-electron chi connectivity index (χ0n) is 20.5. The van der Waals surface area contributed by atoms with Crippen molar-refractivity contribution >= 4 is 57.5 Å². The smallest absolute Gasteiger partial charge is 0.293 e. The third-order valence-corrected chi connectivity index (χ3v) is 6.98. The van der Waals surface area contributed by atoms with Crippen molar-refractivity contribution in [2.24, 2.45) is 0 Å². The standard InChI is InChI=1S/C29H23Cl2N3O3S/c1-16(2)19-8-10-25-23(14-19)33-28(37-25)18-5-3-17(4-6-18)15-32-29(38)34-27(35)26-12-11-24(36-26)20-7-9-21(30)22(31)13-20/h3-14,16H,15H2,1-2H3,(H2,32,34,35,38). The van der Waals surface area contributed by atoms with Gasteiger partial charge in [0.15, 0.2) is 16.5 Å². The summed E-state index contributed by atoms with van der Waals surface area (Å²) in [5, 5.41) is 6.70. The van der Waals surface area contributed by atoms with Gasteiger partial charge in [-0.2, -0.15) is 0 Å². The molecule has 0 aliphatic heterocycles. The van der Waals surface area contributed by atoms with Crippen molar-refractivity contribution in [1.29, 1.82) is 0 Å². The van der Waals surface area contributed by atoms with Crippen molar-refractivity contribution in [3.63, 3.8) is 0 Å². The molecule has 1 amide bonds. The van der Waals surface area contributed by atoms with Crippen LogP contribution in [0.2, 0.25) is 10.0 Å². The number of furan rings is 1. The van der Waals surface area contributed by atoms with Crippen LogP contribution in [0.1, 0.15) is 41.4 Å². The molecule has 0 fully saturated rings. The number of oxazole rings is 1. The molecule has 0 bridgehead atoms. The number of carbonyl (C=O) groups is 1. The second kappa shape index (κ2) is 11.0. The molecule has 0 radical (unpaired) electrons. The van der Waals surface area contributed by atoms with E-state index in [-0.39, 0.29) is 10.9 Å². The number of rotatable bonds is 6. The molecule has 6 nitrogen and oxygen atoms in total. The van der Waals surface area contributed by atoms with Gasteiger partial charge in [-0.1, -0.05) is 55.2 Å². The molecule has 0 spiro atoms. The van der Waals surface area contributed by atoms with E-state index in [0.717, 1.165) is 22.2 Å². The third-order valence-electron chi connectivity index (χ3n) is 5.99. The normalized spacial score (nSPS) is 11.2. The average Bonchev–Trinajstić information content (AvgIpc) is 3.57. The number of amides is 1. The first kappa shape index (κ1) is 26.0. The number of nitrogens with one attached hydrogen (secondary N) is 2. The summed E-state index contributed by atoms with van der Waals surface area (Å²) in [6.07, 6.45) is 0. The molecule has 0 atom stereocenters. The van der Waals surface area contributed by atoms with Crippen molar-refractivity contribution in [1.82, 2.24) is 15.6 Å². The number of benzene rings is 3. The molecule has 2 N–H and O–H groups in total. The SMILES string of the molecule is CC(C)c1ccc2oc(-c3ccc(CNC(=S)NC(=O)c4ccc(-c5ccc(Cl)c(Cl)c5)o4)cc3)nc2c1. The fourth-order valence-corrected chi connectivity index (χ4v) is 4.31. The van der Waals surface area contributed by atoms with E-state index >= 15 is 0 Å². The maximum absolute atomic E-state index is 12.6. The van der Waals surface area contributed by atoms with Crippen molar-refractivity contribution in [3.8, 4) is 22.8 Å². The molecule has 5 rings (SSSR count). The highest BCUT2D eigenvalue weighted by Crippen LogP contribution is 2.30. The predicted molar refractivity (Wildman–Crippen MR) is 155 cm³/mol. The fourth-order valence-electron chi connectivity index (χ4n) is 3.85. The number of hydrogen-bond donors (Lipinski definition) is 2. The topological polar surface area (TPSA) is 80.3 Å². The van der Waals surface area contributed by atoms with Crippen molar-refractivity contribution in [2.45, 2.75) is 26.3 Å². The summed E-state index contributed by atoms with van der Waals surface area (Å²) in [7, 11) is 0. The van der Waals surface area contributed by atoms with Crippen LogP contribution in [0.4, 0.5) is 0 Å². The van der Waals surface area contributed by atoms with Crippen LogP contribution in [-0.4, -0.2) is 16.0 Å². The monoisotopic (exact) mass is 563 g/mol. The minimum atomic E-state index is -0.458. The van der Waals surface area contributed by atoms with Gasteiger partial charge in [0.25, 0.3) is 5.91 Å². The molecule has 0 saturated carbocycles. The molecule has 0 aliphatic rings. The number of hydrogen-bond acceptors (Lipinski definition) is 5. The zero-order chi connectivity index (χ0) is 26.8. The average molecular weight is 564 g/mol. The van der Waals surface area contributed by atoms with E-state index in [4.69, 9.17) is 44.3 Å². The van der Waals surface area contributed by atoms with Crippen LogP contribution in [-0.2, 0) is 6.54 Å². The predicted octanol–water partition coefficient (Wildman–Crippen LogP) is 7.99. The van der Waals surface area contributed by atoms with Crippen LogP contribution in [0.3, 0.4) is 0 Å². The Bertz CT molecular complexity index is 1640. The van der Waals surface area contributed by atoms with Crippen LogP contribution in [0.25, 0.3) is 33.9 Å². The quantitative estimate of drug-likeness (QED) is 0.204. The van der Waals surface area contributed by atoms with Gasteiger partial charge in [0.05, 0.1) is 10.0 Å². The molecule has 0 unspecified atom stereocenters. The van der Waals surface area contributed by atoms with E-state index in [0.29, 0.717) is 39.7 Å². The van der Waals surface area contributed by atoms with Gasteiger partial charge in [-0.3, -0.25) is 10.1 Å². The van der Waals surface area contributed by atoms with Gasteiger partial charge in [0, 0.05) is 17.7 Å². The fraction of sp³-hybridized carbons (Fsp3) is 0.138. The van der Waals surface area contributed by atoms with Crippen molar-refractivity contribution in [3.05, 3.63) is 99.7 Å². The minimum absolute atomic E-state index is 0.124. The van der Waals surface area contributed by atoms with Gasteiger partial charge in [-0.25, -0.2) is 4.98 Å². The number of thiocarbonyl (C=S) groups is 1. The molecule has 0 saturated heterocycles. The first-order valence-electron chi connectivity index (χ1n) is 11.9. The highest BCUT2D eigenvalue weighted by molar-refractivity contribution is 7.80. The molecule has 9 heteroatoms. The minimum Gasteiger partial charge on any atom is -0.451 e. The van der Waals surface area contributed by atoms with Crippen LogP contribution >= 0.6 is 35.4 Å². The lowest BCUT2D eigenvalue weighted by Crippen LogP contribution is -2.38. The highest BCUT2D eigenvalue weighted by Gasteiger charge is 2.15. The van der Waals surface area contributed by atoms with Crippen molar-refractivity contribution in [2.75, 3.05) is 0 Å². The number of nitrogens with zero attached hydrogens (tertiary/aromatic N) is 1. The Kier molecular flexibility index (Phi) is 7.51. The summed E-state index contributed by atoms with van der Waals surface area (Å²) < 4.78 is 11.6. The van der Waals surface area contributed by atoms with Gasteiger partial charge in [0.1, 0.15) is 11.3 Å². The Morgan fingerprint density at radius 2 is 1.68 bits per heavy atom. The van der Waals surface area contributed by atoms with E-state index < -0.39 is 5.91 Å². The summed E-state index contributed by atoms with van der Waals surface area (Å²) in [5.74, 6) is 1.15. The molecule has 2 heterocycles. The van der Waals surface area contributed by atoms with E-state index in [1.807, 2.05) is 30.3 Å².